The number of piperidine rings is 1. The third kappa shape index (κ3) is 2.45. The minimum absolute atomic E-state index is 0.473. The summed E-state index contributed by atoms with van der Waals surface area (Å²) < 4.78 is 0. The zero-order valence-electron chi connectivity index (χ0n) is 11.9. The maximum Gasteiger partial charge on any atom is 0.159 e. The van der Waals surface area contributed by atoms with E-state index in [1.54, 1.807) is 0 Å². The molecule has 0 saturated carbocycles. The maximum atomic E-state index is 6.14. The molecule has 0 bridgehead atoms. The van der Waals surface area contributed by atoms with E-state index in [2.05, 4.69) is 40.2 Å². The van der Waals surface area contributed by atoms with E-state index in [4.69, 9.17) is 11.6 Å². The smallest absolute Gasteiger partial charge is 0.159 e. The fraction of sp³-hybridized carbons (Fsp3) is 0.467. The molecule has 0 atom stereocenters. The van der Waals surface area contributed by atoms with Crippen molar-refractivity contribution in [3.05, 3.63) is 29.4 Å². The number of nitrogens with zero attached hydrogens (tertiary/aromatic N) is 4. The Labute approximate surface area is 124 Å². The van der Waals surface area contributed by atoms with Crippen LogP contribution in [0, 0.1) is 0 Å². The Morgan fingerprint density at radius 2 is 1.80 bits per heavy atom. The van der Waals surface area contributed by atoms with Crippen LogP contribution < -0.4 is 4.90 Å². The van der Waals surface area contributed by atoms with E-state index < -0.39 is 0 Å². The van der Waals surface area contributed by atoms with Gasteiger partial charge in [0.25, 0.3) is 0 Å². The first kappa shape index (κ1) is 13.6. The topological polar surface area (TPSA) is 32.3 Å². The van der Waals surface area contributed by atoms with Crippen molar-refractivity contribution in [3.63, 3.8) is 0 Å². The van der Waals surface area contributed by atoms with Gasteiger partial charge >= 0.3 is 0 Å². The lowest BCUT2D eigenvalue weighted by Crippen LogP contribution is -2.42. The second kappa shape index (κ2) is 5.54. The summed E-state index contributed by atoms with van der Waals surface area (Å²) in [6.07, 6.45) is 2.32. The number of anilines is 1. The number of benzene rings is 1. The van der Waals surface area contributed by atoms with Crippen LogP contribution in [0.15, 0.2) is 24.3 Å². The highest BCUT2D eigenvalue weighted by atomic mass is 35.5. The molecule has 1 saturated heterocycles. The average molecular weight is 291 g/mol. The molecular formula is C15H19ClN4. The van der Waals surface area contributed by atoms with Gasteiger partial charge in [0.2, 0.25) is 0 Å². The van der Waals surface area contributed by atoms with Crippen molar-refractivity contribution in [1.82, 2.24) is 15.1 Å². The van der Waals surface area contributed by atoms with Gasteiger partial charge in [-0.2, -0.15) is 0 Å². The Balaban J connectivity index is 1.95. The average Bonchev–Trinajstić information content (AvgIpc) is 2.48. The molecule has 1 aromatic carbocycles. The zero-order valence-corrected chi connectivity index (χ0v) is 12.6. The highest BCUT2D eigenvalue weighted by molar-refractivity contribution is 6.34. The van der Waals surface area contributed by atoms with Gasteiger partial charge in [0.1, 0.15) is 0 Å². The molecule has 0 amide bonds. The third-order valence-electron chi connectivity index (χ3n) is 4.19. The minimum Gasteiger partial charge on any atom is -0.355 e. The number of likely N-dealkylation sites (tertiary alicyclic amines) is 1. The second-order valence-corrected chi connectivity index (χ2v) is 5.86. The molecule has 0 radical (unpaired) electrons. The molecule has 20 heavy (non-hydrogen) atoms. The summed E-state index contributed by atoms with van der Waals surface area (Å²) in [6.45, 7) is 2.27. The van der Waals surface area contributed by atoms with Crippen LogP contribution in [0.3, 0.4) is 0 Å². The predicted molar refractivity (Wildman–Crippen MR) is 83.5 cm³/mol. The van der Waals surface area contributed by atoms with Crippen LogP contribution in [0.2, 0.25) is 5.15 Å². The molecule has 106 valence electrons. The van der Waals surface area contributed by atoms with Crippen molar-refractivity contribution in [2.75, 3.05) is 32.1 Å². The molecular weight excluding hydrogens is 272 g/mol. The summed E-state index contributed by atoms with van der Waals surface area (Å²) in [6, 6.07) is 8.58. The first-order chi connectivity index (χ1) is 9.66. The fourth-order valence-corrected chi connectivity index (χ4v) is 3.08. The molecule has 2 heterocycles. The van der Waals surface area contributed by atoms with Gasteiger partial charge in [0.05, 0.1) is 0 Å². The number of rotatable bonds is 2. The lowest BCUT2D eigenvalue weighted by molar-refractivity contribution is 0.252. The Bertz CT molecular complexity index is 608. The lowest BCUT2D eigenvalue weighted by Gasteiger charge is -2.35. The van der Waals surface area contributed by atoms with Gasteiger partial charge in [-0.05, 0) is 33.0 Å². The molecule has 2 aromatic rings. The first-order valence-electron chi connectivity index (χ1n) is 6.99. The summed E-state index contributed by atoms with van der Waals surface area (Å²) in [7, 11) is 4.29. The normalized spacial score (nSPS) is 17.6. The van der Waals surface area contributed by atoms with Gasteiger partial charge in [-0.3, -0.25) is 0 Å². The summed E-state index contributed by atoms with van der Waals surface area (Å²) >= 11 is 6.14. The largest absolute Gasteiger partial charge is 0.355 e. The van der Waals surface area contributed by atoms with E-state index >= 15 is 0 Å². The highest BCUT2D eigenvalue weighted by Gasteiger charge is 2.23. The quantitative estimate of drug-likeness (QED) is 0.851. The molecule has 0 spiro atoms. The van der Waals surface area contributed by atoms with Gasteiger partial charge in [-0.25, -0.2) is 0 Å². The molecule has 4 nitrogen and oxygen atoms in total. The summed E-state index contributed by atoms with van der Waals surface area (Å²) in [5, 5.41) is 11.0. The molecule has 3 rings (SSSR count). The van der Waals surface area contributed by atoms with Crippen molar-refractivity contribution in [1.29, 1.82) is 0 Å². The fourth-order valence-electron chi connectivity index (χ4n) is 2.87. The summed E-state index contributed by atoms with van der Waals surface area (Å²) in [4.78, 5) is 4.63. The van der Waals surface area contributed by atoms with Gasteiger partial charge in [0, 0.05) is 23.9 Å². The molecule has 5 heteroatoms. The number of fused-ring (bicyclic) bond motifs is 1. The van der Waals surface area contributed by atoms with E-state index in [1.807, 2.05) is 18.2 Å². The molecule has 1 fully saturated rings. The molecule has 0 N–H and O–H groups in total. The SMILES string of the molecule is CN1CCC(N(C)c2nnc(Cl)c3ccccc23)CC1. The summed E-state index contributed by atoms with van der Waals surface area (Å²) in [5.41, 5.74) is 0. The third-order valence-corrected chi connectivity index (χ3v) is 4.47. The van der Waals surface area contributed by atoms with E-state index in [0.717, 1.165) is 42.5 Å². The van der Waals surface area contributed by atoms with E-state index in [1.165, 1.54) is 0 Å². The molecule has 1 aliphatic rings. The van der Waals surface area contributed by atoms with Crippen LogP contribution in [-0.4, -0.2) is 48.3 Å². The van der Waals surface area contributed by atoms with Crippen LogP contribution in [0.1, 0.15) is 12.8 Å². The van der Waals surface area contributed by atoms with Gasteiger partial charge in [-0.1, -0.05) is 35.9 Å². The Morgan fingerprint density at radius 3 is 2.50 bits per heavy atom. The Hall–Kier alpha value is -1.39. The van der Waals surface area contributed by atoms with Crippen molar-refractivity contribution in [2.45, 2.75) is 18.9 Å². The number of aromatic nitrogens is 2. The van der Waals surface area contributed by atoms with Crippen molar-refractivity contribution >= 4 is 28.2 Å². The van der Waals surface area contributed by atoms with Crippen LogP contribution in [0.5, 0.6) is 0 Å². The first-order valence-corrected chi connectivity index (χ1v) is 7.37. The molecule has 0 unspecified atom stereocenters. The lowest BCUT2D eigenvalue weighted by atomic mass is 10.0. The minimum atomic E-state index is 0.473. The Kier molecular flexibility index (Phi) is 3.76. The van der Waals surface area contributed by atoms with Crippen LogP contribution >= 0.6 is 11.6 Å². The van der Waals surface area contributed by atoms with Crippen LogP contribution in [0.4, 0.5) is 5.82 Å². The molecule has 1 aliphatic heterocycles. The van der Waals surface area contributed by atoms with Gasteiger partial charge < -0.3 is 9.80 Å². The monoisotopic (exact) mass is 290 g/mol. The maximum absolute atomic E-state index is 6.14. The standard InChI is InChI=1S/C15H19ClN4/c1-19-9-7-11(8-10-19)20(2)15-13-6-4-3-5-12(13)14(16)17-18-15/h3-6,11H,7-10H2,1-2H3. The number of hydrogen-bond donors (Lipinski definition) is 0. The van der Waals surface area contributed by atoms with Gasteiger partial charge in [0.15, 0.2) is 11.0 Å². The predicted octanol–water partition coefficient (Wildman–Crippen LogP) is 2.81. The number of halogens is 1. The second-order valence-electron chi connectivity index (χ2n) is 5.51. The van der Waals surface area contributed by atoms with Crippen molar-refractivity contribution in [3.8, 4) is 0 Å². The van der Waals surface area contributed by atoms with E-state index in [-0.39, 0.29) is 0 Å². The van der Waals surface area contributed by atoms with Crippen molar-refractivity contribution < 1.29 is 0 Å². The van der Waals surface area contributed by atoms with Crippen molar-refractivity contribution in [2.24, 2.45) is 0 Å². The Morgan fingerprint density at radius 1 is 1.15 bits per heavy atom. The van der Waals surface area contributed by atoms with E-state index in [0.29, 0.717) is 11.2 Å². The van der Waals surface area contributed by atoms with E-state index in [9.17, 15) is 0 Å². The zero-order chi connectivity index (χ0) is 14.1. The highest BCUT2D eigenvalue weighted by Crippen LogP contribution is 2.30. The van der Waals surface area contributed by atoms with Crippen LogP contribution in [-0.2, 0) is 0 Å². The summed E-state index contributed by atoms with van der Waals surface area (Å²) in [5.74, 6) is 0.930. The molecule has 1 aromatic heterocycles. The number of hydrogen-bond acceptors (Lipinski definition) is 4. The van der Waals surface area contributed by atoms with Crippen LogP contribution in [0.25, 0.3) is 10.8 Å². The van der Waals surface area contributed by atoms with Gasteiger partial charge in [-0.15, -0.1) is 10.2 Å². The molecule has 0 aliphatic carbocycles.